The van der Waals surface area contributed by atoms with E-state index < -0.39 is 0 Å². The normalized spacial score (nSPS) is 20.5. The number of aliphatic imine (C=N–C) groups is 1. The summed E-state index contributed by atoms with van der Waals surface area (Å²) >= 11 is 0. The first-order valence-corrected chi connectivity index (χ1v) is 8.94. The number of rotatable bonds is 6. The molecule has 0 radical (unpaired) electrons. The molecule has 0 saturated carbocycles. The number of likely N-dealkylation sites (tertiary alicyclic amines) is 1. The smallest absolute Gasteiger partial charge is 0.191 e. The molecule has 0 aliphatic carbocycles. The monoisotopic (exact) mass is 332 g/mol. The van der Waals surface area contributed by atoms with Gasteiger partial charge in [0.1, 0.15) is 5.75 Å². The largest absolute Gasteiger partial charge is 0.497 e. The van der Waals surface area contributed by atoms with E-state index in [1.54, 1.807) is 7.11 Å². The summed E-state index contributed by atoms with van der Waals surface area (Å²) in [4.78, 5) is 6.90. The summed E-state index contributed by atoms with van der Waals surface area (Å²) in [5.74, 6) is 2.53. The van der Waals surface area contributed by atoms with Crippen LogP contribution in [-0.2, 0) is 6.54 Å². The van der Waals surface area contributed by atoms with Crippen molar-refractivity contribution in [3.05, 3.63) is 29.8 Å². The van der Waals surface area contributed by atoms with Crippen LogP contribution in [0.25, 0.3) is 0 Å². The van der Waals surface area contributed by atoms with Crippen LogP contribution in [0.5, 0.6) is 5.75 Å². The van der Waals surface area contributed by atoms with Crippen molar-refractivity contribution in [2.75, 3.05) is 33.8 Å². The number of methoxy groups -OCH3 is 1. The van der Waals surface area contributed by atoms with E-state index in [1.807, 2.05) is 25.2 Å². The summed E-state index contributed by atoms with van der Waals surface area (Å²) < 4.78 is 5.26. The molecule has 24 heavy (non-hydrogen) atoms. The van der Waals surface area contributed by atoms with E-state index >= 15 is 0 Å². The highest BCUT2D eigenvalue weighted by molar-refractivity contribution is 5.79. The molecule has 0 spiro atoms. The minimum Gasteiger partial charge on any atom is -0.497 e. The predicted molar refractivity (Wildman–Crippen MR) is 101 cm³/mol. The van der Waals surface area contributed by atoms with Crippen LogP contribution < -0.4 is 15.4 Å². The van der Waals surface area contributed by atoms with Gasteiger partial charge in [-0.25, -0.2) is 0 Å². The van der Waals surface area contributed by atoms with Gasteiger partial charge in [0.2, 0.25) is 0 Å². The number of nitrogens with one attached hydrogen (secondary N) is 2. The number of nitrogens with zero attached hydrogens (tertiary/aromatic N) is 2. The first kappa shape index (κ1) is 18.6. The van der Waals surface area contributed by atoms with E-state index in [9.17, 15) is 0 Å². The molecule has 1 aliphatic rings. The Kier molecular flexibility index (Phi) is 7.37. The number of guanidine groups is 1. The maximum Gasteiger partial charge on any atom is 0.191 e. The second kappa shape index (κ2) is 9.52. The maximum atomic E-state index is 5.26. The molecule has 0 bridgehead atoms. The Hall–Kier alpha value is -1.75. The van der Waals surface area contributed by atoms with Gasteiger partial charge in [0.25, 0.3) is 0 Å². The van der Waals surface area contributed by atoms with Crippen molar-refractivity contribution in [2.45, 2.75) is 39.3 Å². The van der Waals surface area contributed by atoms with Gasteiger partial charge >= 0.3 is 0 Å². The van der Waals surface area contributed by atoms with Crippen LogP contribution in [0.2, 0.25) is 0 Å². The number of piperidine rings is 1. The summed E-state index contributed by atoms with van der Waals surface area (Å²) in [5, 5.41) is 6.82. The first-order chi connectivity index (χ1) is 11.6. The van der Waals surface area contributed by atoms with Gasteiger partial charge in [0, 0.05) is 32.7 Å². The van der Waals surface area contributed by atoms with Crippen molar-refractivity contribution in [1.29, 1.82) is 0 Å². The molecule has 1 aliphatic heterocycles. The topological polar surface area (TPSA) is 48.9 Å². The second-order valence-electron chi connectivity index (χ2n) is 6.75. The Balaban J connectivity index is 1.77. The Morgan fingerprint density at radius 2 is 2.25 bits per heavy atom. The molecule has 2 atom stereocenters. The average Bonchev–Trinajstić information content (AvgIpc) is 2.61. The highest BCUT2D eigenvalue weighted by Gasteiger charge is 2.20. The molecule has 5 nitrogen and oxygen atoms in total. The van der Waals surface area contributed by atoms with Crippen LogP contribution >= 0.6 is 0 Å². The Morgan fingerprint density at radius 1 is 1.42 bits per heavy atom. The molecule has 2 N–H and O–H groups in total. The standard InChI is InChI=1S/C19H32N4O/c1-15-7-6-10-23(14-15)16(2)12-21-19(20-3)22-13-17-8-5-9-18(11-17)24-4/h5,8-9,11,15-16H,6-7,10,12-14H2,1-4H3,(H2,20,21,22). The van der Waals surface area contributed by atoms with E-state index in [0.29, 0.717) is 6.04 Å². The van der Waals surface area contributed by atoms with Crippen molar-refractivity contribution >= 4 is 5.96 Å². The predicted octanol–water partition coefficient (Wildman–Crippen LogP) is 2.48. The van der Waals surface area contributed by atoms with E-state index in [0.717, 1.165) is 30.7 Å². The van der Waals surface area contributed by atoms with Gasteiger partial charge in [-0.1, -0.05) is 19.1 Å². The summed E-state index contributed by atoms with van der Waals surface area (Å²) in [5.41, 5.74) is 1.18. The van der Waals surface area contributed by atoms with Gasteiger partial charge in [0.05, 0.1) is 7.11 Å². The Morgan fingerprint density at radius 3 is 2.96 bits per heavy atom. The molecule has 0 aromatic heterocycles. The van der Waals surface area contributed by atoms with Gasteiger partial charge in [0.15, 0.2) is 5.96 Å². The fourth-order valence-electron chi connectivity index (χ4n) is 3.19. The van der Waals surface area contributed by atoms with Crippen molar-refractivity contribution < 1.29 is 4.74 Å². The molecule has 5 heteroatoms. The molecule has 134 valence electrons. The lowest BCUT2D eigenvalue weighted by molar-refractivity contribution is 0.139. The van der Waals surface area contributed by atoms with Crippen LogP contribution in [0.4, 0.5) is 0 Å². The summed E-state index contributed by atoms with van der Waals surface area (Å²) in [6.07, 6.45) is 2.68. The lowest BCUT2D eigenvalue weighted by Gasteiger charge is -2.35. The average molecular weight is 332 g/mol. The van der Waals surface area contributed by atoms with Gasteiger partial charge in [-0.05, 0) is 49.9 Å². The number of hydrogen-bond donors (Lipinski definition) is 2. The highest BCUT2D eigenvalue weighted by Crippen LogP contribution is 2.17. The maximum absolute atomic E-state index is 5.26. The number of ether oxygens (including phenoxy) is 1. The third-order valence-corrected chi connectivity index (χ3v) is 4.69. The van der Waals surface area contributed by atoms with Crippen LogP contribution in [0, 0.1) is 5.92 Å². The van der Waals surface area contributed by atoms with Crippen molar-refractivity contribution in [3.8, 4) is 5.75 Å². The zero-order valence-corrected chi connectivity index (χ0v) is 15.5. The van der Waals surface area contributed by atoms with Gasteiger partial charge in [-0.15, -0.1) is 0 Å². The van der Waals surface area contributed by atoms with Gasteiger partial charge in [-0.2, -0.15) is 0 Å². The lowest BCUT2D eigenvalue weighted by atomic mass is 9.99. The molecule has 2 unspecified atom stereocenters. The second-order valence-corrected chi connectivity index (χ2v) is 6.75. The highest BCUT2D eigenvalue weighted by atomic mass is 16.5. The summed E-state index contributed by atoms with van der Waals surface area (Å²) in [7, 11) is 3.50. The minimum atomic E-state index is 0.517. The SMILES string of the molecule is CN=C(NCc1cccc(OC)c1)NCC(C)N1CCCC(C)C1. The molecule has 1 heterocycles. The molecule has 1 aromatic rings. The van der Waals surface area contributed by atoms with Crippen molar-refractivity contribution in [3.63, 3.8) is 0 Å². The lowest BCUT2D eigenvalue weighted by Crippen LogP contribution is -2.48. The zero-order chi connectivity index (χ0) is 17.4. The fraction of sp³-hybridized carbons (Fsp3) is 0.632. The minimum absolute atomic E-state index is 0.517. The summed E-state index contributed by atoms with van der Waals surface area (Å²) in [6.45, 7) is 8.69. The quantitative estimate of drug-likeness (QED) is 0.621. The number of hydrogen-bond acceptors (Lipinski definition) is 3. The van der Waals surface area contributed by atoms with Crippen LogP contribution in [0.1, 0.15) is 32.3 Å². The van der Waals surface area contributed by atoms with Crippen molar-refractivity contribution in [2.24, 2.45) is 10.9 Å². The molecule has 1 aromatic carbocycles. The zero-order valence-electron chi connectivity index (χ0n) is 15.5. The molecular weight excluding hydrogens is 300 g/mol. The van der Waals surface area contributed by atoms with E-state index in [4.69, 9.17) is 4.74 Å². The third-order valence-electron chi connectivity index (χ3n) is 4.69. The Labute approximate surface area is 146 Å². The van der Waals surface area contributed by atoms with Crippen LogP contribution in [0.3, 0.4) is 0 Å². The fourth-order valence-corrected chi connectivity index (χ4v) is 3.19. The van der Waals surface area contributed by atoms with Gasteiger partial charge in [-0.3, -0.25) is 9.89 Å². The van der Waals surface area contributed by atoms with E-state index in [-0.39, 0.29) is 0 Å². The molecule has 2 rings (SSSR count). The van der Waals surface area contributed by atoms with E-state index in [2.05, 4.69) is 40.4 Å². The van der Waals surface area contributed by atoms with Gasteiger partial charge < -0.3 is 15.4 Å². The molecular formula is C19H32N4O. The van der Waals surface area contributed by atoms with Crippen molar-refractivity contribution in [1.82, 2.24) is 15.5 Å². The Bertz CT molecular complexity index is 532. The molecule has 1 fully saturated rings. The van der Waals surface area contributed by atoms with Crippen LogP contribution in [0.15, 0.2) is 29.3 Å². The van der Waals surface area contributed by atoms with E-state index in [1.165, 1.54) is 31.5 Å². The molecule has 1 saturated heterocycles. The molecule has 0 amide bonds. The number of benzene rings is 1. The van der Waals surface area contributed by atoms with Crippen LogP contribution in [-0.4, -0.2) is 50.7 Å². The third kappa shape index (κ3) is 5.71. The summed E-state index contributed by atoms with van der Waals surface area (Å²) in [6, 6.07) is 8.60. The first-order valence-electron chi connectivity index (χ1n) is 8.94.